The molecule has 0 spiro atoms. The van der Waals surface area contributed by atoms with Crippen molar-refractivity contribution in [2.45, 2.75) is 38.1 Å². The Morgan fingerprint density at radius 2 is 1.92 bits per heavy atom. The molecule has 0 aliphatic heterocycles. The van der Waals surface area contributed by atoms with E-state index in [1.54, 1.807) is 0 Å². The van der Waals surface area contributed by atoms with Crippen LogP contribution in [0.4, 0.5) is 4.39 Å². The van der Waals surface area contributed by atoms with Crippen molar-refractivity contribution in [3.05, 3.63) is 34.6 Å². The first-order valence-electron chi connectivity index (χ1n) is 8.15. The molecule has 0 heterocycles. The van der Waals surface area contributed by atoms with E-state index in [0.717, 1.165) is 38.2 Å². The van der Waals surface area contributed by atoms with Gasteiger partial charge in [0.05, 0.1) is 10.6 Å². The molecule has 1 fully saturated rings. The Labute approximate surface area is 149 Å². The van der Waals surface area contributed by atoms with Crippen molar-refractivity contribution in [1.29, 1.82) is 0 Å². The standard InChI is InChI=1S/C17H20ClFN2O4/c18-11-7-4-8-12(19)14(11)16(23)21-13(17(24)25)9-20-15(22)10-5-2-1-3-6-10/h4,7-8,10,13H,1-3,5-6,9H2,(H,20,22)(H,21,23)(H,24,25)/t13-/m0/s1. The van der Waals surface area contributed by atoms with Gasteiger partial charge in [0.25, 0.3) is 5.91 Å². The molecule has 0 unspecified atom stereocenters. The van der Waals surface area contributed by atoms with Gasteiger partial charge in [-0.15, -0.1) is 0 Å². The third-order valence-electron chi connectivity index (χ3n) is 4.25. The zero-order chi connectivity index (χ0) is 18.4. The number of hydrogen-bond acceptors (Lipinski definition) is 3. The fourth-order valence-corrected chi connectivity index (χ4v) is 3.11. The van der Waals surface area contributed by atoms with Crippen LogP contribution in [0.5, 0.6) is 0 Å². The molecule has 8 heteroatoms. The zero-order valence-electron chi connectivity index (χ0n) is 13.6. The van der Waals surface area contributed by atoms with Gasteiger partial charge in [-0.1, -0.05) is 36.9 Å². The van der Waals surface area contributed by atoms with E-state index in [2.05, 4.69) is 10.6 Å². The second-order valence-electron chi connectivity index (χ2n) is 6.04. The molecule has 2 amide bonds. The number of carboxylic acids is 1. The highest BCUT2D eigenvalue weighted by Crippen LogP contribution is 2.23. The Hall–Kier alpha value is -2.15. The molecule has 1 aliphatic carbocycles. The van der Waals surface area contributed by atoms with Crippen molar-refractivity contribution in [2.75, 3.05) is 6.54 Å². The highest BCUT2D eigenvalue weighted by atomic mass is 35.5. The lowest BCUT2D eigenvalue weighted by molar-refractivity contribution is -0.139. The van der Waals surface area contributed by atoms with Gasteiger partial charge in [0.15, 0.2) is 0 Å². The minimum atomic E-state index is -1.38. The molecule has 25 heavy (non-hydrogen) atoms. The van der Waals surface area contributed by atoms with Crippen LogP contribution >= 0.6 is 11.6 Å². The number of carboxylic acid groups (broad SMARTS) is 1. The third-order valence-corrected chi connectivity index (χ3v) is 4.56. The van der Waals surface area contributed by atoms with Gasteiger partial charge in [-0.25, -0.2) is 9.18 Å². The van der Waals surface area contributed by atoms with Crippen molar-refractivity contribution in [1.82, 2.24) is 10.6 Å². The fourth-order valence-electron chi connectivity index (χ4n) is 2.86. The Morgan fingerprint density at radius 3 is 2.52 bits per heavy atom. The molecule has 1 aliphatic rings. The zero-order valence-corrected chi connectivity index (χ0v) is 14.3. The van der Waals surface area contributed by atoms with Crippen molar-refractivity contribution in [2.24, 2.45) is 5.92 Å². The molecule has 136 valence electrons. The summed E-state index contributed by atoms with van der Waals surface area (Å²) in [4.78, 5) is 35.6. The monoisotopic (exact) mass is 370 g/mol. The summed E-state index contributed by atoms with van der Waals surface area (Å²) < 4.78 is 13.7. The van der Waals surface area contributed by atoms with Gasteiger partial charge < -0.3 is 15.7 Å². The summed E-state index contributed by atoms with van der Waals surface area (Å²) >= 11 is 5.80. The smallest absolute Gasteiger partial charge is 0.328 e. The van der Waals surface area contributed by atoms with Gasteiger partial charge in [0.2, 0.25) is 5.91 Å². The van der Waals surface area contributed by atoms with E-state index in [4.69, 9.17) is 11.6 Å². The number of rotatable bonds is 6. The van der Waals surface area contributed by atoms with Crippen LogP contribution in [-0.4, -0.2) is 35.5 Å². The van der Waals surface area contributed by atoms with Gasteiger partial charge in [-0.3, -0.25) is 9.59 Å². The quantitative estimate of drug-likeness (QED) is 0.716. The van der Waals surface area contributed by atoms with Gasteiger partial charge >= 0.3 is 5.97 Å². The minimum absolute atomic E-state index is 0.118. The first-order valence-corrected chi connectivity index (χ1v) is 8.53. The number of carbonyl (C=O) groups is 3. The van der Waals surface area contributed by atoms with Gasteiger partial charge in [-0.2, -0.15) is 0 Å². The third kappa shape index (κ3) is 5.16. The molecule has 1 saturated carbocycles. The van der Waals surface area contributed by atoms with Crippen LogP contribution in [0.3, 0.4) is 0 Å². The maximum absolute atomic E-state index is 13.7. The molecule has 0 saturated heterocycles. The van der Waals surface area contributed by atoms with Gasteiger partial charge in [0, 0.05) is 12.5 Å². The number of nitrogens with one attached hydrogen (secondary N) is 2. The van der Waals surface area contributed by atoms with E-state index in [1.807, 2.05) is 0 Å². The molecule has 3 N–H and O–H groups in total. The summed E-state index contributed by atoms with van der Waals surface area (Å²) in [6.45, 7) is -0.275. The lowest BCUT2D eigenvalue weighted by Gasteiger charge is -2.22. The molecule has 1 atom stereocenters. The predicted molar refractivity (Wildman–Crippen MR) is 89.9 cm³/mol. The summed E-state index contributed by atoms with van der Waals surface area (Å²) in [5.41, 5.74) is -0.422. The lowest BCUT2D eigenvalue weighted by Crippen LogP contribution is -2.49. The number of benzene rings is 1. The maximum Gasteiger partial charge on any atom is 0.328 e. The first-order chi connectivity index (χ1) is 11.9. The van der Waals surface area contributed by atoms with Crippen molar-refractivity contribution in [3.8, 4) is 0 Å². The van der Waals surface area contributed by atoms with Crippen LogP contribution in [-0.2, 0) is 9.59 Å². The van der Waals surface area contributed by atoms with Crippen LogP contribution in [0.1, 0.15) is 42.5 Å². The van der Waals surface area contributed by atoms with Crippen LogP contribution in [0.2, 0.25) is 5.02 Å². The van der Waals surface area contributed by atoms with Gasteiger partial charge in [0.1, 0.15) is 11.9 Å². The largest absolute Gasteiger partial charge is 0.480 e. The SMILES string of the molecule is O=C(N[C@@H](CNC(=O)C1CCCCC1)C(=O)O)c1c(F)cccc1Cl. The average molecular weight is 371 g/mol. The van der Waals surface area contributed by atoms with Crippen molar-refractivity contribution >= 4 is 29.4 Å². The summed E-state index contributed by atoms with van der Waals surface area (Å²) in [5, 5.41) is 13.9. The number of aliphatic carboxylic acids is 1. The van der Waals surface area contributed by atoms with E-state index < -0.39 is 29.3 Å². The summed E-state index contributed by atoms with van der Waals surface area (Å²) in [7, 11) is 0. The number of hydrogen-bond donors (Lipinski definition) is 3. The molecular weight excluding hydrogens is 351 g/mol. The van der Waals surface area contributed by atoms with Crippen LogP contribution in [0.25, 0.3) is 0 Å². The maximum atomic E-state index is 13.7. The molecule has 0 bridgehead atoms. The molecule has 0 radical (unpaired) electrons. The van der Waals surface area contributed by atoms with Crippen molar-refractivity contribution < 1.29 is 23.9 Å². The second-order valence-corrected chi connectivity index (χ2v) is 6.45. The molecule has 0 aromatic heterocycles. The van der Waals surface area contributed by atoms with E-state index >= 15 is 0 Å². The van der Waals surface area contributed by atoms with E-state index in [9.17, 15) is 23.9 Å². The molecule has 2 rings (SSSR count). The normalized spacial score (nSPS) is 16.1. The molecular formula is C17H20ClFN2O4. The van der Waals surface area contributed by atoms with E-state index in [0.29, 0.717) is 0 Å². The summed E-state index contributed by atoms with van der Waals surface area (Å²) in [6, 6.07) is 2.35. The highest BCUT2D eigenvalue weighted by Gasteiger charge is 2.26. The molecule has 1 aromatic carbocycles. The fraction of sp³-hybridized carbons (Fsp3) is 0.471. The molecule has 1 aromatic rings. The number of halogens is 2. The predicted octanol–water partition coefficient (Wildman–Crippen LogP) is 2.36. The number of carbonyl (C=O) groups excluding carboxylic acids is 2. The Bertz CT molecular complexity index is 642. The Balaban J connectivity index is 1.97. The van der Waals surface area contributed by atoms with E-state index in [1.165, 1.54) is 12.1 Å². The topological polar surface area (TPSA) is 95.5 Å². The number of amides is 2. The van der Waals surface area contributed by atoms with Crippen LogP contribution < -0.4 is 10.6 Å². The van der Waals surface area contributed by atoms with Crippen molar-refractivity contribution in [3.63, 3.8) is 0 Å². The minimum Gasteiger partial charge on any atom is -0.480 e. The second kappa shape index (κ2) is 8.80. The Morgan fingerprint density at radius 1 is 1.24 bits per heavy atom. The van der Waals surface area contributed by atoms with Gasteiger partial charge in [-0.05, 0) is 25.0 Å². The highest BCUT2D eigenvalue weighted by molar-refractivity contribution is 6.33. The van der Waals surface area contributed by atoms with E-state index in [-0.39, 0.29) is 23.4 Å². The van der Waals surface area contributed by atoms with Crippen LogP contribution in [0.15, 0.2) is 18.2 Å². The lowest BCUT2D eigenvalue weighted by atomic mass is 9.88. The molecule has 6 nitrogen and oxygen atoms in total. The summed E-state index contributed by atoms with van der Waals surface area (Å²) in [5.74, 6) is -3.46. The Kier molecular flexibility index (Phi) is 6.75. The average Bonchev–Trinajstić information content (AvgIpc) is 2.58. The first kappa shape index (κ1) is 19.2. The van der Waals surface area contributed by atoms with Crippen LogP contribution in [0, 0.1) is 11.7 Å². The summed E-state index contributed by atoms with van der Waals surface area (Å²) in [6.07, 6.45) is 4.61.